The second kappa shape index (κ2) is 7.30. The second-order valence-corrected chi connectivity index (χ2v) is 4.44. The zero-order valence-corrected chi connectivity index (χ0v) is 11.3. The summed E-state index contributed by atoms with van der Waals surface area (Å²) in [4.78, 5) is 23.6. The van der Waals surface area contributed by atoms with Gasteiger partial charge in [0.1, 0.15) is 0 Å². The van der Waals surface area contributed by atoms with Crippen molar-refractivity contribution >= 4 is 11.9 Å². The topological polar surface area (TPSA) is 63.6 Å². The van der Waals surface area contributed by atoms with Crippen molar-refractivity contribution in [1.82, 2.24) is 0 Å². The molecule has 0 aromatic heterocycles. The van der Waals surface area contributed by atoms with Crippen molar-refractivity contribution in [3.63, 3.8) is 0 Å². The molecule has 4 heteroatoms. The minimum Gasteiger partial charge on any atom is -0.480 e. The van der Waals surface area contributed by atoms with E-state index in [9.17, 15) is 14.7 Å². The van der Waals surface area contributed by atoms with Gasteiger partial charge in [0.2, 0.25) is 0 Å². The second-order valence-electron chi connectivity index (χ2n) is 4.44. The molecule has 17 heavy (non-hydrogen) atoms. The van der Waals surface area contributed by atoms with Crippen LogP contribution >= 0.6 is 0 Å². The number of rotatable bonds is 8. The van der Waals surface area contributed by atoms with E-state index < -0.39 is 17.4 Å². The molecular weight excluding hydrogens is 220 g/mol. The molecular formula is C13H24O4. The first-order chi connectivity index (χ1) is 7.97. The Morgan fingerprint density at radius 2 is 1.82 bits per heavy atom. The monoisotopic (exact) mass is 244 g/mol. The minimum absolute atomic E-state index is 0.205. The van der Waals surface area contributed by atoms with Gasteiger partial charge in [-0.15, -0.1) is 0 Å². The van der Waals surface area contributed by atoms with Crippen LogP contribution in [0.2, 0.25) is 0 Å². The number of hydrogen-bond donors (Lipinski definition) is 1. The van der Waals surface area contributed by atoms with Crippen molar-refractivity contribution in [1.29, 1.82) is 0 Å². The van der Waals surface area contributed by atoms with Gasteiger partial charge in [-0.2, -0.15) is 0 Å². The Kier molecular flexibility index (Phi) is 6.85. The Morgan fingerprint density at radius 1 is 1.24 bits per heavy atom. The van der Waals surface area contributed by atoms with Crippen molar-refractivity contribution in [3.05, 3.63) is 0 Å². The molecule has 0 saturated carbocycles. The van der Waals surface area contributed by atoms with E-state index in [0.29, 0.717) is 19.3 Å². The average molecular weight is 244 g/mol. The summed E-state index contributed by atoms with van der Waals surface area (Å²) in [6, 6.07) is 0. The van der Waals surface area contributed by atoms with E-state index in [1.54, 1.807) is 6.92 Å². The summed E-state index contributed by atoms with van der Waals surface area (Å²) in [5, 5.41) is 9.45. The van der Waals surface area contributed by atoms with Gasteiger partial charge in [0, 0.05) is 0 Å². The van der Waals surface area contributed by atoms with Crippen LogP contribution in [0.1, 0.15) is 53.4 Å². The number of carbonyl (C=O) groups is 2. The van der Waals surface area contributed by atoms with Gasteiger partial charge < -0.3 is 9.84 Å². The van der Waals surface area contributed by atoms with Gasteiger partial charge in [-0.3, -0.25) is 9.59 Å². The summed E-state index contributed by atoms with van der Waals surface area (Å²) in [6.45, 7) is 7.61. The molecule has 2 atom stereocenters. The summed E-state index contributed by atoms with van der Waals surface area (Å²) >= 11 is 0. The van der Waals surface area contributed by atoms with Crippen LogP contribution in [0.15, 0.2) is 0 Å². The Labute approximate surface area is 103 Å². The van der Waals surface area contributed by atoms with Gasteiger partial charge in [-0.1, -0.05) is 33.6 Å². The van der Waals surface area contributed by atoms with Gasteiger partial charge in [-0.05, 0) is 25.7 Å². The molecule has 0 amide bonds. The highest BCUT2D eigenvalue weighted by Gasteiger charge is 2.50. The van der Waals surface area contributed by atoms with Crippen molar-refractivity contribution in [2.24, 2.45) is 11.3 Å². The van der Waals surface area contributed by atoms with Crippen LogP contribution in [-0.4, -0.2) is 23.7 Å². The highest BCUT2D eigenvalue weighted by atomic mass is 16.5. The summed E-state index contributed by atoms with van der Waals surface area (Å²) in [5.74, 6) is -1.85. The van der Waals surface area contributed by atoms with Crippen LogP contribution in [0.4, 0.5) is 0 Å². The van der Waals surface area contributed by atoms with E-state index in [4.69, 9.17) is 4.74 Å². The number of hydrogen-bond acceptors (Lipinski definition) is 3. The van der Waals surface area contributed by atoms with Crippen LogP contribution in [0.5, 0.6) is 0 Å². The molecule has 0 rings (SSSR count). The van der Waals surface area contributed by atoms with Crippen LogP contribution in [0, 0.1) is 11.3 Å². The van der Waals surface area contributed by atoms with E-state index in [1.165, 1.54) is 0 Å². The lowest BCUT2D eigenvalue weighted by Crippen LogP contribution is -2.46. The number of carboxylic acid groups (broad SMARTS) is 1. The summed E-state index contributed by atoms with van der Waals surface area (Å²) in [7, 11) is 0. The average Bonchev–Trinajstić information content (AvgIpc) is 2.25. The molecule has 100 valence electrons. The third-order valence-corrected chi connectivity index (χ3v) is 3.23. The maximum Gasteiger partial charge on any atom is 0.323 e. The molecule has 0 fully saturated rings. The molecule has 0 aliphatic rings. The van der Waals surface area contributed by atoms with E-state index in [-0.39, 0.29) is 12.5 Å². The fourth-order valence-electron chi connectivity index (χ4n) is 2.29. The lowest BCUT2D eigenvalue weighted by atomic mass is 9.71. The lowest BCUT2D eigenvalue weighted by Gasteiger charge is -2.32. The molecule has 4 nitrogen and oxygen atoms in total. The molecule has 0 bridgehead atoms. The van der Waals surface area contributed by atoms with Crippen molar-refractivity contribution in [2.75, 3.05) is 6.61 Å². The maximum atomic E-state index is 12.0. The zero-order chi connectivity index (χ0) is 13.5. The quantitative estimate of drug-likeness (QED) is 0.526. The first kappa shape index (κ1) is 15.9. The van der Waals surface area contributed by atoms with E-state index in [0.717, 1.165) is 6.42 Å². The number of carbonyl (C=O) groups excluding carboxylic acids is 1. The Morgan fingerprint density at radius 3 is 2.18 bits per heavy atom. The number of esters is 1. The molecule has 0 spiro atoms. The highest BCUT2D eigenvalue weighted by Crippen LogP contribution is 2.37. The minimum atomic E-state index is -1.37. The standard InChI is InChI=1S/C13H24O4/c1-5-8-10(4)13(9-6-2,11(14)15)12(16)17-7-3/h10H,5-9H2,1-4H3,(H,14,15). The van der Waals surface area contributed by atoms with Gasteiger partial charge in [0.25, 0.3) is 0 Å². The van der Waals surface area contributed by atoms with Crippen LogP contribution in [-0.2, 0) is 14.3 Å². The molecule has 1 N–H and O–H groups in total. The van der Waals surface area contributed by atoms with E-state index in [2.05, 4.69) is 0 Å². The van der Waals surface area contributed by atoms with E-state index >= 15 is 0 Å². The molecule has 0 saturated heterocycles. The van der Waals surface area contributed by atoms with E-state index in [1.807, 2.05) is 20.8 Å². The normalized spacial score (nSPS) is 16.0. The summed E-state index contributed by atoms with van der Waals surface area (Å²) < 4.78 is 4.97. The first-order valence-electron chi connectivity index (χ1n) is 6.37. The molecule has 2 unspecified atom stereocenters. The van der Waals surface area contributed by atoms with Crippen LogP contribution in [0.25, 0.3) is 0 Å². The first-order valence-corrected chi connectivity index (χ1v) is 6.37. The van der Waals surface area contributed by atoms with Crippen molar-refractivity contribution in [3.8, 4) is 0 Å². The Bertz CT molecular complexity index is 262. The Hall–Kier alpha value is -1.06. The number of ether oxygens (including phenoxy) is 1. The van der Waals surface area contributed by atoms with Gasteiger partial charge in [-0.25, -0.2) is 0 Å². The van der Waals surface area contributed by atoms with Crippen molar-refractivity contribution in [2.45, 2.75) is 53.4 Å². The SMILES string of the molecule is CCCC(C)C(CCC)(C(=O)O)C(=O)OCC. The molecule has 0 aliphatic heterocycles. The van der Waals surface area contributed by atoms with Gasteiger partial charge in [0.15, 0.2) is 5.41 Å². The molecule has 0 aliphatic carbocycles. The molecule has 0 heterocycles. The van der Waals surface area contributed by atoms with Crippen LogP contribution < -0.4 is 0 Å². The maximum absolute atomic E-state index is 12.0. The van der Waals surface area contributed by atoms with Gasteiger partial charge >= 0.3 is 11.9 Å². The third kappa shape index (κ3) is 3.45. The van der Waals surface area contributed by atoms with Crippen molar-refractivity contribution < 1.29 is 19.4 Å². The fraction of sp³-hybridized carbons (Fsp3) is 0.846. The Balaban J connectivity index is 5.25. The molecule has 0 radical (unpaired) electrons. The largest absolute Gasteiger partial charge is 0.480 e. The van der Waals surface area contributed by atoms with Gasteiger partial charge in [0.05, 0.1) is 6.61 Å². The highest BCUT2D eigenvalue weighted by molar-refractivity contribution is 5.99. The fourth-order valence-corrected chi connectivity index (χ4v) is 2.29. The third-order valence-electron chi connectivity index (χ3n) is 3.23. The number of aliphatic carboxylic acids is 1. The number of carboxylic acids is 1. The smallest absolute Gasteiger partial charge is 0.323 e. The van der Waals surface area contributed by atoms with Crippen LogP contribution in [0.3, 0.4) is 0 Å². The summed E-state index contributed by atoms with van der Waals surface area (Å²) in [5.41, 5.74) is -1.37. The predicted molar refractivity (Wildman–Crippen MR) is 65.7 cm³/mol. The summed E-state index contributed by atoms with van der Waals surface area (Å²) in [6.07, 6.45) is 2.56. The molecule has 0 aromatic carbocycles. The predicted octanol–water partition coefficient (Wildman–Crippen LogP) is 2.86. The lowest BCUT2D eigenvalue weighted by molar-refractivity contribution is -0.174. The zero-order valence-electron chi connectivity index (χ0n) is 11.3. The molecule has 0 aromatic rings.